The van der Waals surface area contributed by atoms with Gasteiger partial charge in [-0.05, 0) is 41.0 Å². The second-order valence-corrected chi connectivity index (χ2v) is 8.39. The molecular weight excluding hydrogens is 252 g/mol. The topological polar surface area (TPSA) is 66.5 Å². The molecule has 108 valence electrons. The molecule has 0 rings (SSSR count). The molecule has 18 heavy (non-hydrogen) atoms. The molecule has 1 amide bonds. The van der Waals surface area contributed by atoms with E-state index in [9.17, 15) is 13.2 Å². The minimum atomic E-state index is -3.30. The molecule has 0 heterocycles. The molecule has 5 nitrogen and oxygen atoms in total. The van der Waals surface area contributed by atoms with Gasteiger partial charge >= 0.3 is 0 Å². The Balaban J connectivity index is 4.68. The molecule has 6 heteroatoms. The van der Waals surface area contributed by atoms with Crippen LogP contribution in [-0.4, -0.2) is 42.5 Å². The van der Waals surface area contributed by atoms with E-state index >= 15 is 0 Å². The molecule has 0 unspecified atom stereocenters. The first-order valence-corrected chi connectivity index (χ1v) is 7.64. The van der Waals surface area contributed by atoms with E-state index in [4.69, 9.17) is 0 Å². The van der Waals surface area contributed by atoms with Crippen molar-refractivity contribution < 1.29 is 13.2 Å². The quantitative estimate of drug-likeness (QED) is 0.825. The third-order valence-corrected chi connectivity index (χ3v) is 4.96. The van der Waals surface area contributed by atoms with Crippen LogP contribution in [0.3, 0.4) is 0 Å². The average Bonchev–Trinajstić information content (AvgIpc) is 2.10. The van der Waals surface area contributed by atoms with Gasteiger partial charge in [0.1, 0.15) is 0 Å². The predicted octanol–water partition coefficient (Wildman–Crippen LogP) is 1.35. The van der Waals surface area contributed by atoms with Crippen molar-refractivity contribution in [2.45, 2.75) is 59.0 Å². The molecule has 0 saturated carbocycles. The van der Waals surface area contributed by atoms with Gasteiger partial charge in [-0.15, -0.1) is 0 Å². The zero-order chi connectivity index (χ0) is 14.8. The van der Waals surface area contributed by atoms with Crippen molar-refractivity contribution in [3.05, 3.63) is 0 Å². The van der Waals surface area contributed by atoms with Gasteiger partial charge in [0.05, 0.1) is 5.75 Å². The van der Waals surface area contributed by atoms with E-state index in [1.807, 2.05) is 34.6 Å². The lowest BCUT2D eigenvalue weighted by molar-refractivity contribution is -0.120. The van der Waals surface area contributed by atoms with Gasteiger partial charge < -0.3 is 5.32 Å². The van der Waals surface area contributed by atoms with Gasteiger partial charge in [-0.3, -0.25) is 4.79 Å². The highest BCUT2D eigenvalue weighted by molar-refractivity contribution is 7.89. The second kappa shape index (κ2) is 5.57. The molecule has 0 aliphatic heterocycles. The zero-order valence-corrected chi connectivity index (χ0v) is 13.3. The van der Waals surface area contributed by atoms with Gasteiger partial charge in [0, 0.05) is 25.0 Å². The summed E-state index contributed by atoms with van der Waals surface area (Å²) in [6, 6.07) is 0. The molecule has 0 bridgehead atoms. The number of carbonyl (C=O) groups excluding carboxylic acids is 1. The van der Waals surface area contributed by atoms with Gasteiger partial charge in [-0.2, -0.15) is 4.31 Å². The van der Waals surface area contributed by atoms with Crippen LogP contribution in [0.2, 0.25) is 0 Å². The third kappa shape index (κ3) is 5.82. The largest absolute Gasteiger partial charge is 0.351 e. The summed E-state index contributed by atoms with van der Waals surface area (Å²) in [6.45, 7) is 10.6. The lowest BCUT2D eigenvalue weighted by Gasteiger charge is -2.32. The van der Waals surface area contributed by atoms with Gasteiger partial charge in [-0.25, -0.2) is 8.42 Å². The molecular formula is C12H26N2O3S. The number of hydrogen-bond acceptors (Lipinski definition) is 3. The van der Waals surface area contributed by atoms with Crippen molar-refractivity contribution in [1.82, 2.24) is 9.62 Å². The van der Waals surface area contributed by atoms with E-state index in [0.29, 0.717) is 6.42 Å². The van der Waals surface area contributed by atoms with Gasteiger partial charge in [0.25, 0.3) is 0 Å². The summed E-state index contributed by atoms with van der Waals surface area (Å²) in [5, 5.41) is 2.75. The maximum absolute atomic E-state index is 12.1. The Kier molecular flexibility index (Phi) is 5.38. The van der Waals surface area contributed by atoms with Gasteiger partial charge in [0.15, 0.2) is 0 Å². The summed E-state index contributed by atoms with van der Waals surface area (Å²) in [6.07, 6.45) is 0.384. The Morgan fingerprint density at radius 3 is 1.94 bits per heavy atom. The SMILES string of the molecule is CC(=O)NC(C)(C)CCS(=O)(=O)N(C)C(C)(C)C. The molecule has 0 radical (unpaired) electrons. The van der Waals surface area contributed by atoms with E-state index in [0.717, 1.165) is 0 Å². The Hall–Kier alpha value is -0.620. The predicted molar refractivity (Wildman–Crippen MR) is 73.8 cm³/mol. The van der Waals surface area contributed by atoms with Crippen LogP contribution in [0.5, 0.6) is 0 Å². The lowest BCUT2D eigenvalue weighted by Crippen LogP contribution is -2.47. The molecule has 0 saturated heterocycles. The molecule has 0 aromatic heterocycles. The van der Waals surface area contributed by atoms with Crippen molar-refractivity contribution >= 4 is 15.9 Å². The molecule has 1 N–H and O–H groups in total. The fourth-order valence-electron chi connectivity index (χ4n) is 1.48. The van der Waals surface area contributed by atoms with Crippen molar-refractivity contribution in [3.63, 3.8) is 0 Å². The molecule has 0 aliphatic rings. The standard InChI is InChI=1S/C12H26N2O3S/c1-10(15)13-12(5,6)8-9-18(16,17)14(7)11(2,3)4/h8-9H2,1-7H3,(H,13,15). The zero-order valence-electron chi connectivity index (χ0n) is 12.5. The van der Waals surface area contributed by atoms with Crippen molar-refractivity contribution in [3.8, 4) is 0 Å². The van der Waals surface area contributed by atoms with E-state index in [2.05, 4.69) is 5.32 Å². The number of carbonyl (C=O) groups is 1. The molecule has 0 atom stereocenters. The normalized spacial score (nSPS) is 13.8. The number of sulfonamides is 1. The van der Waals surface area contributed by atoms with Crippen molar-refractivity contribution in [2.24, 2.45) is 0 Å². The van der Waals surface area contributed by atoms with Gasteiger partial charge in [-0.1, -0.05) is 0 Å². The van der Waals surface area contributed by atoms with Crippen LogP contribution in [0.1, 0.15) is 48.0 Å². The smallest absolute Gasteiger partial charge is 0.217 e. The minimum absolute atomic E-state index is 0.0219. The van der Waals surface area contributed by atoms with E-state index in [-0.39, 0.29) is 11.7 Å². The van der Waals surface area contributed by atoms with E-state index in [1.165, 1.54) is 11.2 Å². The number of hydrogen-bond donors (Lipinski definition) is 1. The number of nitrogens with zero attached hydrogens (tertiary/aromatic N) is 1. The Labute approximate surface area is 111 Å². The first-order valence-electron chi connectivity index (χ1n) is 6.03. The van der Waals surface area contributed by atoms with E-state index in [1.54, 1.807) is 7.05 Å². The molecule has 0 aromatic rings. The van der Waals surface area contributed by atoms with Crippen LogP contribution in [-0.2, 0) is 14.8 Å². The van der Waals surface area contributed by atoms with Crippen LogP contribution in [0.4, 0.5) is 0 Å². The average molecular weight is 278 g/mol. The number of amides is 1. The summed E-state index contributed by atoms with van der Waals surface area (Å²) in [4.78, 5) is 11.0. The van der Waals surface area contributed by atoms with Crippen LogP contribution in [0.15, 0.2) is 0 Å². The Bertz CT molecular complexity index is 394. The highest BCUT2D eigenvalue weighted by Crippen LogP contribution is 2.18. The van der Waals surface area contributed by atoms with E-state index < -0.39 is 21.1 Å². The van der Waals surface area contributed by atoms with Crippen LogP contribution < -0.4 is 5.32 Å². The minimum Gasteiger partial charge on any atom is -0.351 e. The first kappa shape index (κ1) is 17.4. The fourth-order valence-corrected chi connectivity index (χ4v) is 3.35. The molecule has 0 fully saturated rings. The Morgan fingerprint density at radius 2 is 1.61 bits per heavy atom. The second-order valence-electron chi connectivity index (χ2n) is 6.27. The highest BCUT2D eigenvalue weighted by atomic mass is 32.2. The molecule has 0 spiro atoms. The summed E-state index contributed by atoms with van der Waals surface area (Å²) in [7, 11) is -1.72. The highest BCUT2D eigenvalue weighted by Gasteiger charge is 2.30. The molecule has 0 aromatic carbocycles. The van der Waals surface area contributed by atoms with Crippen LogP contribution in [0, 0.1) is 0 Å². The lowest BCUT2D eigenvalue weighted by atomic mass is 10.0. The van der Waals surface area contributed by atoms with Gasteiger partial charge in [0.2, 0.25) is 15.9 Å². The summed E-state index contributed by atoms with van der Waals surface area (Å²) in [5.74, 6) is -0.129. The number of rotatable bonds is 5. The van der Waals surface area contributed by atoms with Crippen molar-refractivity contribution in [1.29, 1.82) is 0 Å². The maximum atomic E-state index is 12.1. The molecule has 0 aliphatic carbocycles. The maximum Gasteiger partial charge on any atom is 0.217 e. The first-order chi connectivity index (χ1) is 7.78. The summed E-state index contributed by atoms with van der Waals surface area (Å²) < 4.78 is 25.6. The third-order valence-electron chi connectivity index (χ3n) is 2.86. The summed E-state index contributed by atoms with van der Waals surface area (Å²) in [5.41, 5.74) is -0.950. The summed E-state index contributed by atoms with van der Waals surface area (Å²) >= 11 is 0. The van der Waals surface area contributed by atoms with Crippen LogP contribution >= 0.6 is 0 Å². The van der Waals surface area contributed by atoms with Crippen LogP contribution in [0.25, 0.3) is 0 Å². The monoisotopic (exact) mass is 278 g/mol. The van der Waals surface area contributed by atoms with Crippen molar-refractivity contribution in [2.75, 3.05) is 12.8 Å². The Morgan fingerprint density at radius 1 is 1.17 bits per heavy atom. The fraction of sp³-hybridized carbons (Fsp3) is 0.917. The number of nitrogens with one attached hydrogen (secondary N) is 1.